The molecular weight excluding hydrogens is 370 g/mol. The van der Waals surface area contributed by atoms with Crippen LogP contribution in [0.15, 0.2) is 18.3 Å². The van der Waals surface area contributed by atoms with Gasteiger partial charge in [-0.15, -0.1) is 0 Å². The van der Waals surface area contributed by atoms with Crippen molar-refractivity contribution in [3.8, 4) is 5.82 Å². The number of morpholine rings is 1. The maximum absolute atomic E-state index is 12.3. The molecule has 2 aliphatic rings. The van der Waals surface area contributed by atoms with Gasteiger partial charge in [-0.2, -0.15) is 14.9 Å². The zero-order chi connectivity index (χ0) is 20.1. The van der Waals surface area contributed by atoms with E-state index in [9.17, 15) is 4.79 Å². The summed E-state index contributed by atoms with van der Waals surface area (Å²) in [6, 6.07) is 4.21. The number of ether oxygens (including phenoxy) is 1. The van der Waals surface area contributed by atoms with Gasteiger partial charge in [0.2, 0.25) is 5.91 Å². The van der Waals surface area contributed by atoms with Gasteiger partial charge in [0.15, 0.2) is 11.5 Å². The second kappa shape index (κ2) is 6.84. The number of anilines is 1. The summed E-state index contributed by atoms with van der Waals surface area (Å²) in [5.74, 6) is 1.76. The molecular formula is C20H25N7O2. The van der Waals surface area contributed by atoms with E-state index in [-0.39, 0.29) is 18.0 Å². The summed E-state index contributed by atoms with van der Waals surface area (Å²) in [5.41, 5.74) is 2.86. The molecule has 29 heavy (non-hydrogen) atoms. The Morgan fingerprint density at radius 3 is 2.90 bits per heavy atom. The molecule has 0 bridgehead atoms. The normalized spacial score (nSPS) is 22.2. The molecule has 1 fully saturated rings. The third-order valence-electron chi connectivity index (χ3n) is 6.01. The summed E-state index contributed by atoms with van der Waals surface area (Å²) in [6.07, 6.45) is 2.41. The smallest absolute Gasteiger partial charge is 0.219 e. The molecule has 1 amide bonds. The SMILES string of the molecule is CC(=O)N1CCc2nn(-c3ccn[nH]3)c3nc(N4CCOC[C@H]4C)cc(c23)C1C. The molecule has 3 aromatic heterocycles. The Balaban J connectivity index is 1.75. The molecule has 0 aromatic carbocycles. The van der Waals surface area contributed by atoms with Crippen molar-refractivity contribution < 1.29 is 9.53 Å². The Morgan fingerprint density at radius 2 is 2.17 bits per heavy atom. The first-order chi connectivity index (χ1) is 14.0. The molecule has 0 radical (unpaired) electrons. The number of hydrogen-bond donors (Lipinski definition) is 1. The number of aromatic nitrogens is 5. The predicted molar refractivity (Wildman–Crippen MR) is 108 cm³/mol. The number of aromatic amines is 1. The average Bonchev–Trinajstić information content (AvgIpc) is 3.32. The zero-order valence-electron chi connectivity index (χ0n) is 16.9. The minimum Gasteiger partial charge on any atom is -0.377 e. The lowest BCUT2D eigenvalue weighted by Gasteiger charge is -2.35. The van der Waals surface area contributed by atoms with Crippen LogP contribution in [0.4, 0.5) is 5.82 Å². The van der Waals surface area contributed by atoms with Crippen LogP contribution in [0.25, 0.3) is 16.9 Å². The van der Waals surface area contributed by atoms with Gasteiger partial charge in [-0.1, -0.05) is 0 Å². The largest absolute Gasteiger partial charge is 0.377 e. The molecule has 0 spiro atoms. The number of amides is 1. The van der Waals surface area contributed by atoms with Crippen LogP contribution in [-0.2, 0) is 16.0 Å². The van der Waals surface area contributed by atoms with Gasteiger partial charge in [0.1, 0.15) is 5.82 Å². The summed E-state index contributed by atoms with van der Waals surface area (Å²) in [6.45, 7) is 8.65. The van der Waals surface area contributed by atoms with Crippen LogP contribution in [-0.4, -0.2) is 68.1 Å². The van der Waals surface area contributed by atoms with E-state index in [0.29, 0.717) is 26.2 Å². The van der Waals surface area contributed by atoms with E-state index >= 15 is 0 Å². The van der Waals surface area contributed by atoms with Crippen molar-refractivity contribution in [1.29, 1.82) is 0 Å². The van der Waals surface area contributed by atoms with Gasteiger partial charge >= 0.3 is 0 Å². The minimum atomic E-state index is -0.0474. The predicted octanol–water partition coefficient (Wildman–Crippen LogP) is 1.83. The van der Waals surface area contributed by atoms with Gasteiger partial charge < -0.3 is 14.5 Å². The lowest BCUT2D eigenvalue weighted by atomic mass is 10.0. The van der Waals surface area contributed by atoms with E-state index < -0.39 is 0 Å². The number of hydrogen-bond acceptors (Lipinski definition) is 6. The quantitative estimate of drug-likeness (QED) is 0.712. The fourth-order valence-electron chi connectivity index (χ4n) is 4.48. The molecule has 2 atom stereocenters. The van der Waals surface area contributed by atoms with Crippen molar-refractivity contribution in [3.63, 3.8) is 0 Å². The molecule has 1 saturated heterocycles. The summed E-state index contributed by atoms with van der Waals surface area (Å²) in [4.78, 5) is 21.5. The summed E-state index contributed by atoms with van der Waals surface area (Å²) in [5, 5.41) is 13.0. The van der Waals surface area contributed by atoms with Crippen LogP contribution in [0.1, 0.15) is 38.1 Å². The first-order valence-corrected chi connectivity index (χ1v) is 10.1. The Kier molecular flexibility index (Phi) is 4.27. The van der Waals surface area contributed by atoms with Gasteiger partial charge in [-0.25, -0.2) is 4.98 Å². The topological polar surface area (TPSA) is 92.2 Å². The highest BCUT2D eigenvalue weighted by atomic mass is 16.5. The number of nitrogens with one attached hydrogen (secondary N) is 1. The fraction of sp³-hybridized carbons (Fsp3) is 0.500. The van der Waals surface area contributed by atoms with E-state index in [1.54, 1.807) is 13.1 Å². The van der Waals surface area contributed by atoms with Gasteiger partial charge in [-0.05, 0) is 25.5 Å². The van der Waals surface area contributed by atoms with Gasteiger partial charge in [0.25, 0.3) is 0 Å². The van der Waals surface area contributed by atoms with Crippen LogP contribution in [0, 0.1) is 0 Å². The lowest BCUT2D eigenvalue weighted by Crippen LogP contribution is -2.44. The van der Waals surface area contributed by atoms with Crippen molar-refractivity contribution in [2.75, 3.05) is 31.2 Å². The molecule has 9 nitrogen and oxygen atoms in total. The molecule has 2 aliphatic heterocycles. The van der Waals surface area contributed by atoms with Gasteiger partial charge in [0.05, 0.1) is 37.2 Å². The third kappa shape index (κ3) is 2.88. The summed E-state index contributed by atoms with van der Waals surface area (Å²) in [7, 11) is 0. The second-order valence-corrected chi connectivity index (χ2v) is 7.82. The number of carbonyl (C=O) groups excluding carboxylic acids is 1. The van der Waals surface area contributed by atoms with Crippen molar-refractivity contribution in [1.82, 2.24) is 29.9 Å². The van der Waals surface area contributed by atoms with E-state index in [1.165, 1.54) is 0 Å². The molecule has 0 saturated carbocycles. The van der Waals surface area contributed by atoms with Crippen LogP contribution in [0.3, 0.4) is 0 Å². The molecule has 3 aromatic rings. The Morgan fingerprint density at radius 1 is 1.31 bits per heavy atom. The average molecular weight is 395 g/mol. The number of rotatable bonds is 2. The highest BCUT2D eigenvalue weighted by Crippen LogP contribution is 2.37. The van der Waals surface area contributed by atoms with Gasteiger partial charge in [-0.3, -0.25) is 9.89 Å². The number of carbonyl (C=O) groups is 1. The van der Waals surface area contributed by atoms with Crippen molar-refractivity contribution in [3.05, 3.63) is 29.6 Å². The standard InChI is InChI=1S/C20H25N7O2/c1-12-11-29-9-8-25(12)18-10-15-13(2)26(14(3)28)7-5-16-19(15)20(22-18)27(24-16)17-4-6-21-23-17/h4,6,10,12-13H,5,7-9,11H2,1-3H3,(H,21,23)/t12-,13?/m1/s1. The third-order valence-corrected chi connectivity index (χ3v) is 6.01. The number of pyridine rings is 1. The van der Waals surface area contributed by atoms with E-state index in [4.69, 9.17) is 14.8 Å². The molecule has 9 heteroatoms. The monoisotopic (exact) mass is 395 g/mol. The maximum Gasteiger partial charge on any atom is 0.219 e. The highest BCUT2D eigenvalue weighted by molar-refractivity contribution is 5.87. The molecule has 5 rings (SSSR count). The minimum absolute atomic E-state index is 0.0474. The number of H-pyrrole nitrogens is 1. The van der Waals surface area contributed by atoms with Crippen molar-refractivity contribution >= 4 is 22.8 Å². The van der Waals surface area contributed by atoms with Crippen LogP contribution >= 0.6 is 0 Å². The fourth-order valence-corrected chi connectivity index (χ4v) is 4.48. The second-order valence-electron chi connectivity index (χ2n) is 7.82. The van der Waals surface area contributed by atoms with Crippen LogP contribution in [0.2, 0.25) is 0 Å². The van der Waals surface area contributed by atoms with E-state index in [0.717, 1.165) is 40.5 Å². The van der Waals surface area contributed by atoms with Gasteiger partial charge in [0, 0.05) is 37.9 Å². The molecule has 152 valence electrons. The lowest BCUT2D eigenvalue weighted by molar-refractivity contribution is -0.130. The molecule has 1 unspecified atom stereocenters. The van der Waals surface area contributed by atoms with E-state index in [1.807, 2.05) is 15.6 Å². The Hall–Kier alpha value is -2.94. The summed E-state index contributed by atoms with van der Waals surface area (Å²) >= 11 is 0. The maximum atomic E-state index is 12.3. The zero-order valence-corrected chi connectivity index (χ0v) is 16.9. The Labute approximate surface area is 168 Å². The van der Waals surface area contributed by atoms with E-state index in [2.05, 4.69) is 35.0 Å². The highest BCUT2D eigenvalue weighted by Gasteiger charge is 2.31. The Bertz CT molecular complexity index is 1060. The molecule has 5 heterocycles. The summed E-state index contributed by atoms with van der Waals surface area (Å²) < 4.78 is 7.45. The molecule has 1 N–H and O–H groups in total. The first kappa shape index (κ1) is 18.1. The van der Waals surface area contributed by atoms with Crippen molar-refractivity contribution in [2.24, 2.45) is 0 Å². The van der Waals surface area contributed by atoms with Crippen LogP contribution in [0.5, 0.6) is 0 Å². The first-order valence-electron chi connectivity index (χ1n) is 10.1. The molecule has 0 aliphatic carbocycles. The number of nitrogens with zero attached hydrogens (tertiary/aromatic N) is 6. The van der Waals surface area contributed by atoms with Crippen LogP contribution < -0.4 is 4.90 Å². The van der Waals surface area contributed by atoms with Crippen molar-refractivity contribution in [2.45, 2.75) is 39.3 Å².